The van der Waals surface area contributed by atoms with Gasteiger partial charge in [-0.15, -0.1) is 0 Å². The zero-order chi connectivity index (χ0) is 15.2. The minimum Gasteiger partial charge on any atom is -0.494 e. The minimum absolute atomic E-state index is 0.0143. The molecule has 0 saturated carbocycles. The molecule has 1 heterocycles. The molecule has 21 heavy (non-hydrogen) atoms. The fourth-order valence-corrected chi connectivity index (χ4v) is 2.73. The van der Waals surface area contributed by atoms with Crippen molar-refractivity contribution in [3.8, 4) is 5.75 Å². The number of hydrogen-bond acceptors (Lipinski definition) is 3. The lowest BCUT2D eigenvalue weighted by molar-refractivity contribution is 0.0946. The van der Waals surface area contributed by atoms with Gasteiger partial charge in [-0.3, -0.25) is 4.79 Å². The Morgan fingerprint density at radius 2 is 2.29 bits per heavy atom. The van der Waals surface area contributed by atoms with E-state index in [9.17, 15) is 4.79 Å². The van der Waals surface area contributed by atoms with Crippen molar-refractivity contribution >= 4 is 5.91 Å². The van der Waals surface area contributed by atoms with Crippen molar-refractivity contribution in [2.24, 2.45) is 5.92 Å². The summed E-state index contributed by atoms with van der Waals surface area (Å²) in [4.78, 5) is 14.7. The lowest BCUT2D eigenvalue weighted by Gasteiger charge is -2.20. The highest BCUT2D eigenvalue weighted by Gasteiger charge is 2.24. The standard InChI is InChI=1S/C17H26N2O2/c1-4-21-16-7-5-6-15(10-16)17(20)18-11-14-8-9-19(12-14)13(2)3/h5-7,10,13-14H,4,8-9,11-12H2,1-3H3,(H,18,20). The van der Waals surface area contributed by atoms with E-state index in [1.54, 1.807) is 6.07 Å². The molecule has 1 atom stereocenters. The monoisotopic (exact) mass is 290 g/mol. The number of nitrogens with zero attached hydrogens (tertiary/aromatic N) is 1. The molecule has 116 valence electrons. The first-order chi connectivity index (χ1) is 10.1. The molecule has 4 nitrogen and oxygen atoms in total. The van der Waals surface area contributed by atoms with Crippen molar-refractivity contribution in [3.05, 3.63) is 29.8 Å². The highest BCUT2D eigenvalue weighted by molar-refractivity contribution is 5.94. The van der Waals surface area contributed by atoms with Crippen LogP contribution in [0.25, 0.3) is 0 Å². The van der Waals surface area contributed by atoms with Crippen molar-refractivity contribution in [3.63, 3.8) is 0 Å². The van der Waals surface area contributed by atoms with Crippen molar-refractivity contribution in [2.75, 3.05) is 26.2 Å². The second-order valence-corrected chi connectivity index (χ2v) is 5.91. The van der Waals surface area contributed by atoms with Gasteiger partial charge in [-0.1, -0.05) is 6.07 Å². The third-order valence-corrected chi connectivity index (χ3v) is 4.01. The first-order valence-electron chi connectivity index (χ1n) is 7.85. The molecule has 1 aliphatic heterocycles. The van der Waals surface area contributed by atoms with Crippen molar-refractivity contribution in [2.45, 2.75) is 33.2 Å². The average molecular weight is 290 g/mol. The second-order valence-electron chi connectivity index (χ2n) is 5.91. The quantitative estimate of drug-likeness (QED) is 0.875. The van der Waals surface area contributed by atoms with E-state index in [1.165, 1.54) is 0 Å². The van der Waals surface area contributed by atoms with Gasteiger partial charge in [-0.2, -0.15) is 0 Å². The zero-order valence-corrected chi connectivity index (χ0v) is 13.3. The molecule has 0 radical (unpaired) electrons. The van der Waals surface area contributed by atoms with Crippen LogP contribution in [0.2, 0.25) is 0 Å². The van der Waals surface area contributed by atoms with E-state index in [0.717, 1.165) is 31.8 Å². The topological polar surface area (TPSA) is 41.6 Å². The van der Waals surface area contributed by atoms with Gasteiger partial charge in [0.2, 0.25) is 0 Å². The number of carbonyl (C=O) groups is 1. The summed E-state index contributed by atoms with van der Waals surface area (Å²) in [7, 11) is 0. The molecule has 0 bridgehead atoms. The average Bonchev–Trinajstić information content (AvgIpc) is 2.94. The first kappa shape index (κ1) is 15.8. The number of likely N-dealkylation sites (tertiary alicyclic amines) is 1. The number of hydrogen-bond donors (Lipinski definition) is 1. The molecule has 1 amide bonds. The van der Waals surface area contributed by atoms with Crippen LogP contribution in [0.3, 0.4) is 0 Å². The van der Waals surface area contributed by atoms with Gasteiger partial charge < -0.3 is 15.0 Å². The van der Waals surface area contributed by atoms with Crippen molar-refractivity contribution in [1.29, 1.82) is 0 Å². The molecule has 4 heteroatoms. The van der Waals surface area contributed by atoms with Crippen LogP contribution in [0, 0.1) is 5.92 Å². The highest BCUT2D eigenvalue weighted by Crippen LogP contribution is 2.18. The van der Waals surface area contributed by atoms with Gasteiger partial charge in [0.1, 0.15) is 5.75 Å². The summed E-state index contributed by atoms with van der Waals surface area (Å²) in [6.45, 7) is 9.96. The number of nitrogens with one attached hydrogen (secondary N) is 1. The maximum atomic E-state index is 12.2. The van der Waals surface area contributed by atoms with Crippen LogP contribution < -0.4 is 10.1 Å². The van der Waals surface area contributed by atoms with E-state index >= 15 is 0 Å². The largest absolute Gasteiger partial charge is 0.494 e. The van der Waals surface area contributed by atoms with Gasteiger partial charge in [0.15, 0.2) is 0 Å². The lowest BCUT2D eigenvalue weighted by Crippen LogP contribution is -2.32. The van der Waals surface area contributed by atoms with Gasteiger partial charge in [-0.05, 0) is 57.9 Å². The van der Waals surface area contributed by atoms with Crippen LogP contribution in [0.5, 0.6) is 5.75 Å². The SMILES string of the molecule is CCOc1cccc(C(=O)NCC2CCN(C(C)C)C2)c1. The molecule has 1 N–H and O–H groups in total. The second kappa shape index (κ2) is 7.46. The van der Waals surface area contributed by atoms with Crippen LogP contribution in [0.1, 0.15) is 37.6 Å². The Labute approximate surface area is 127 Å². The van der Waals surface area contributed by atoms with Gasteiger partial charge in [0.25, 0.3) is 5.91 Å². The molecular formula is C17H26N2O2. The maximum absolute atomic E-state index is 12.2. The molecule has 1 aliphatic rings. The summed E-state index contributed by atoms with van der Waals surface area (Å²) < 4.78 is 5.43. The Morgan fingerprint density at radius 1 is 1.48 bits per heavy atom. The lowest BCUT2D eigenvalue weighted by atomic mass is 10.1. The number of carbonyl (C=O) groups excluding carboxylic acids is 1. The number of rotatable bonds is 6. The van der Waals surface area contributed by atoms with Crippen molar-refractivity contribution < 1.29 is 9.53 Å². The summed E-state index contributed by atoms with van der Waals surface area (Å²) in [5.74, 6) is 1.29. The summed E-state index contributed by atoms with van der Waals surface area (Å²) in [6.07, 6.45) is 1.16. The van der Waals surface area contributed by atoms with E-state index in [2.05, 4.69) is 24.1 Å². The van der Waals surface area contributed by atoms with E-state index in [4.69, 9.17) is 4.74 Å². The summed E-state index contributed by atoms with van der Waals surface area (Å²) in [6, 6.07) is 7.95. The predicted molar refractivity (Wildman–Crippen MR) is 84.8 cm³/mol. The molecule has 0 aromatic heterocycles. The molecule has 0 spiro atoms. The van der Waals surface area contributed by atoms with Crippen molar-refractivity contribution in [1.82, 2.24) is 10.2 Å². The fourth-order valence-electron chi connectivity index (χ4n) is 2.73. The van der Waals surface area contributed by atoms with E-state index in [1.807, 2.05) is 25.1 Å². The normalized spacial score (nSPS) is 19.0. The predicted octanol–water partition coefficient (Wildman–Crippen LogP) is 2.55. The molecule has 1 saturated heterocycles. The smallest absolute Gasteiger partial charge is 0.251 e. The summed E-state index contributed by atoms with van der Waals surface area (Å²) >= 11 is 0. The van der Waals surface area contributed by atoms with Gasteiger partial charge in [0.05, 0.1) is 6.61 Å². The Hall–Kier alpha value is -1.55. The molecular weight excluding hydrogens is 264 g/mol. The van der Waals surface area contributed by atoms with Crippen LogP contribution in [-0.4, -0.2) is 43.1 Å². The van der Waals surface area contributed by atoms with Crippen LogP contribution in [0.4, 0.5) is 0 Å². The Morgan fingerprint density at radius 3 is 2.95 bits per heavy atom. The van der Waals surface area contributed by atoms with E-state index in [-0.39, 0.29) is 5.91 Å². The third kappa shape index (κ3) is 4.46. The fraction of sp³-hybridized carbons (Fsp3) is 0.588. The zero-order valence-electron chi connectivity index (χ0n) is 13.3. The molecule has 0 aliphatic carbocycles. The molecule has 1 aromatic carbocycles. The van der Waals surface area contributed by atoms with Gasteiger partial charge in [-0.25, -0.2) is 0 Å². The Bertz CT molecular complexity index is 474. The Kier molecular flexibility index (Phi) is 5.62. The van der Waals surface area contributed by atoms with E-state index in [0.29, 0.717) is 24.1 Å². The van der Waals surface area contributed by atoms with Gasteiger partial charge in [0, 0.05) is 24.7 Å². The van der Waals surface area contributed by atoms with Crippen LogP contribution in [-0.2, 0) is 0 Å². The molecule has 1 fully saturated rings. The van der Waals surface area contributed by atoms with Gasteiger partial charge >= 0.3 is 0 Å². The summed E-state index contributed by atoms with van der Waals surface area (Å²) in [5.41, 5.74) is 0.666. The summed E-state index contributed by atoms with van der Waals surface area (Å²) in [5, 5.41) is 3.05. The molecule has 1 unspecified atom stereocenters. The van der Waals surface area contributed by atoms with E-state index < -0.39 is 0 Å². The number of ether oxygens (including phenoxy) is 1. The number of benzene rings is 1. The molecule has 1 aromatic rings. The third-order valence-electron chi connectivity index (χ3n) is 4.01. The van der Waals surface area contributed by atoms with Crippen LogP contribution >= 0.6 is 0 Å². The minimum atomic E-state index is -0.0143. The molecule has 2 rings (SSSR count). The first-order valence-corrected chi connectivity index (χ1v) is 7.85. The Balaban J connectivity index is 1.83. The maximum Gasteiger partial charge on any atom is 0.251 e. The highest BCUT2D eigenvalue weighted by atomic mass is 16.5. The number of amides is 1. The van der Waals surface area contributed by atoms with Crippen LogP contribution in [0.15, 0.2) is 24.3 Å².